The Morgan fingerprint density at radius 3 is 2.69 bits per heavy atom. The second kappa shape index (κ2) is 6.92. The van der Waals surface area contributed by atoms with Gasteiger partial charge in [0.1, 0.15) is 11.6 Å². The van der Waals surface area contributed by atoms with Crippen molar-refractivity contribution in [2.45, 2.75) is 18.9 Å². The van der Waals surface area contributed by atoms with Crippen LogP contribution in [0.25, 0.3) is 0 Å². The molecular weight excluding hydrogens is 359 g/mol. The topological polar surface area (TPSA) is 88.3 Å². The van der Waals surface area contributed by atoms with Gasteiger partial charge in [-0.1, -0.05) is 36.7 Å². The Morgan fingerprint density at radius 2 is 2.08 bits per heavy atom. The maximum atomic E-state index is 14.5. The fourth-order valence-electron chi connectivity index (χ4n) is 3.45. The van der Waals surface area contributed by atoms with E-state index in [-0.39, 0.29) is 30.3 Å². The first kappa shape index (κ1) is 18.1. The summed E-state index contributed by atoms with van der Waals surface area (Å²) in [6, 6.07) is 8.41. The number of nitrogens with one attached hydrogen (secondary N) is 1. The number of pyridine rings is 1. The van der Waals surface area contributed by atoms with Crippen LogP contribution in [0.15, 0.2) is 42.6 Å². The van der Waals surface area contributed by atoms with E-state index in [4.69, 9.17) is 17.3 Å². The van der Waals surface area contributed by atoms with Crippen LogP contribution in [0.4, 0.5) is 15.0 Å². The number of nitrogens with zero attached hydrogens (tertiary/aromatic N) is 2. The molecule has 136 valence electrons. The molecule has 0 aliphatic carbocycles. The largest absolute Gasteiger partial charge is 0.367 e. The highest BCUT2D eigenvalue weighted by Crippen LogP contribution is 2.42. The molecule has 3 amide bonds. The van der Waals surface area contributed by atoms with Crippen molar-refractivity contribution in [3.8, 4) is 0 Å². The quantitative estimate of drug-likeness (QED) is 0.862. The fraction of sp³-hybridized carbons (Fsp3) is 0.278. The number of primary amides is 1. The number of amides is 3. The van der Waals surface area contributed by atoms with Crippen LogP contribution in [-0.4, -0.2) is 28.4 Å². The molecule has 1 aromatic heterocycles. The molecule has 1 aliphatic heterocycles. The number of urea groups is 1. The molecule has 2 heterocycles. The van der Waals surface area contributed by atoms with Gasteiger partial charge in [-0.25, -0.2) is 14.2 Å². The molecule has 0 saturated carbocycles. The minimum Gasteiger partial charge on any atom is -0.367 e. The molecule has 6 nitrogen and oxygen atoms in total. The van der Waals surface area contributed by atoms with Gasteiger partial charge in [-0.3, -0.25) is 10.1 Å². The minimum atomic E-state index is -1.55. The third-order valence-corrected chi connectivity index (χ3v) is 4.76. The molecule has 3 rings (SSSR count). The Bertz CT molecular complexity index is 845. The zero-order chi connectivity index (χ0) is 18.9. The zero-order valence-corrected chi connectivity index (χ0v) is 14.8. The van der Waals surface area contributed by atoms with Crippen LogP contribution in [0.3, 0.4) is 0 Å². The summed E-state index contributed by atoms with van der Waals surface area (Å²) in [5, 5.41) is 3.04. The molecule has 2 atom stereocenters. The van der Waals surface area contributed by atoms with Crippen LogP contribution in [0.5, 0.6) is 0 Å². The van der Waals surface area contributed by atoms with Gasteiger partial charge in [-0.05, 0) is 30.5 Å². The van der Waals surface area contributed by atoms with Gasteiger partial charge >= 0.3 is 6.03 Å². The maximum absolute atomic E-state index is 14.5. The number of carbonyl (C=O) groups excluding carboxylic acids is 2. The van der Waals surface area contributed by atoms with Crippen LogP contribution in [0.2, 0.25) is 5.02 Å². The average Bonchev–Trinajstić information content (AvgIpc) is 2.96. The lowest BCUT2D eigenvalue weighted by Crippen LogP contribution is -2.55. The zero-order valence-electron chi connectivity index (χ0n) is 14.1. The molecule has 2 unspecified atom stereocenters. The molecule has 1 aliphatic rings. The summed E-state index contributed by atoms with van der Waals surface area (Å²) in [7, 11) is 0. The van der Waals surface area contributed by atoms with E-state index in [1.807, 2.05) is 6.92 Å². The number of carbonyl (C=O) groups is 2. The van der Waals surface area contributed by atoms with Gasteiger partial charge in [0.15, 0.2) is 5.54 Å². The Balaban J connectivity index is 2.00. The number of anilines is 1. The minimum absolute atomic E-state index is 0.0361. The average molecular weight is 377 g/mol. The third-order valence-electron chi connectivity index (χ3n) is 4.53. The van der Waals surface area contributed by atoms with Crippen LogP contribution < -0.4 is 11.1 Å². The summed E-state index contributed by atoms with van der Waals surface area (Å²) >= 11 is 5.79. The van der Waals surface area contributed by atoms with Crippen molar-refractivity contribution >= 4 is 29.4 Å². The van der Waals surface area contributed by atoms with E-state index in [0.717, 1.165) is 0 Å². The lowest BCUT2D eigenvalue weighted by atomic mass is 9.84. The van der Waals surface area contributed by atoms with E-state index in [2.05, 4.69) is 10.3 Å². The van der Waals surface area contributed by atoms with Crippen LogP contribution in [0.1, 0.15) is 18.9 Å². The standard InChI is InChI=1S/C18H18ClFN4O2/c1-11-8-18(16(21)25,13-4-2-3-5-14(13)20)24(10-11)17(26)23-15-7-6-12(19)9-22-15/h2-7,9,11H,8,10H2,1H3,(H2,21,25)(H,22,23,26). The first-order valence-corrected chi connectivity index (χ1v) is 8.47. The second-order valence-corrected chi connectivity index (χ2v) is 6.85. The first-order chi connectivity index (χ1) is 12.3. The van der Waals surface area contributed by atoms with E-state index in [1.54, 1.807) is 12.1 Å². The van der Waals surface area contributed by atoms with Gasteiger partial charge in [-0.15, -0.1) is 0 Å². The summed E-state index contributed by atoms with van der Waals surface area (Å²) in [5.74, 6) is -1.12. The van der Waals surface area contributed by atoms with Crippen molar-refractivity contribution < 1.29 is 14.0 Å². The number of aromatic nitrogens is 1. The lowest BCUT2D eigenvalue weighted by molar-refractivity contribution is -0.127. The summed E-state index contributed by atoms with van der Waals surface area (Å²) in [6.07, 6.45) is 1.63. The van der Waals surface area contributed by atoms with Gasteiger partial charge in [0.05, 0.1) is 5.02 Å². The van der Waals surface area contributed by atoms with Crippen molar-refractivity contribution in [2.24, 2.45) is 11.7 Å². The SMILES string of the molecule is CC1CN(C(=O)Nc2ccc(Cl)cn2)C(C(N)=O)(c2ccccc2F)C1. The van der Waals surface area contributed by atoms with Crippen LogP contribution in [0, 0.1) is 11.7 Å². The number of likely N-dealkylation sites (tertiary alicyclic amines) is 1. The number of halogens is 2. The summed E-state index contributed by atoms with van der Waals surface area (Å²) in [4.78, 5) is 30.6. The molecule has 0 bridgehead atoms. The number of rotatable bonds is 3. The fourth-order valence-corrected chi connectivity index (χ4v) is 3.56. The Morgan fingerprint density at radius 1 is 1.35 bits per heavy atom. The maximum Gasteiger partial charge on any atom is 0.324 e. The third kappa shape index (κ3) is 3.10. The van der Waals surface area contributed by atoms with Crippen LogP contribution >= 0.6 is 11.6 Å². The van der Waals surface area contributed by atoms with Crippen molar-refractivity contribution in [2.75, 3.05) is 11.9 Å². The number of nitrogens with two attached hydrogens (primary N) is 1. The molecule has 1 aromatic carbocycles. The van der Waals surface area contributed by atoms with E-state index in [0.29, 0.717) is 5.02 Å². The first-order valence-electron chi connectivity index (χ1n) is 8.09. The highest BCUT2D eigenvalue weighted by molar-refractivity contribution is 6.30. The molecule has 3 N–H and O–H groups in total. The van der Waals surface area contributed by atoms with E-state index in [9.17, 15) is 14.0 Å². The van der Waals surface area contributed by atoms with Gasteiger partial charge in [0.2, 0.25) is 5.91 Å². The molecule has 0 spiro atoms. The van der Waals surface area contributed by atoms with Crippen LogP contribution in [-0.2, 0) is 10.3 Å². The highest BCUT2D eigenvalue weighted by Gasteiger charge is 2.53. The molecule has 1 fully saturated rings. The number of hydrogen-bond acceptors (Lipinski definition) is 3. The van der Waals surface area contributed by atoms with Gasteiger partial charge < -0.3 is 10.6 Å². The van der Waals surface area contributed by atoms with Crippen molar-refractivity contribution in [1.29, 1.82) is 0 Å². The Hall–Kier alpha value is -2.67. The predicted octanol–water partition coefficient (Wildman–Crippen LogP) is 3.13. The van der Waals surface area contributed by atoms with E-state index in [1.165, 1.54) is 35.4 Å². The molecular formula is C18H18ClFN4O2. The smallest absolute Gasteiger partial charge is 0.324 e. The predicted molar refractivity (Wildman–Crippen MR) is 96.0 cm³/mol. The van der Waals surface area contributed by atoms with Gasteiger partial charge in [-0.2, -0.15) is 0 Å². The highest BCUT2D eigenvalue weighted by atomic mass is 35.5. The lowest BCUT2D eigenvalue weighted by Gasteiger charge is -2.36. The molecule has 1 saturated heterocycles. The van der Waals surface area contributed by atoms with Crippen molar-refractivity contribution in [3.05, 3.63) is 59.0 Å². The molecule has 0 radical (unpaired) electrons. The summed E-state index contributed by atoms with van der Waals surface area (Å²) in [6.45, 7) is 2.14. The summed E-state index contributed by atoms with van der Waals surface area (Å²) < 4.78 is 14.5. The second-order valence-electron chi connectivity index (χ2n) is 6.42. The Kier molecular flexibility index (Phi) is 4.82. The molecule has 8 heteroatoms. The Labute approximate surface area is 155 Å². The van der Waals surface area contributed by atoms with Gasteiger partial charge in [0, 0.05) is 18.3 Å². The number of hydrogen-bond donors (Lipinski definition) is 2. The van der Waals surface area contributed by atoms with Crippen molar-refractivity contribution in [1.82, 2.24) is 9.88 Å². The number of benzene rings is 1. The normalized spacial score (nSPS) is 22.3. The molecule has 2 aromatic rings. The summed E-state index contributed by atoms with van der Waals surface area (Å²) in [5.41, 5.74) is 4.22. The van der Waals surface area contributed by atoms with Gasteiger partial charge in [0.25, 0.3) is 0 Å². The molecule has 26 heavy (non-hydrogen) atoms. The van der Waals surface area contributed by atoms with E-state index < -0.39 is 23.3 Å². The monoisotopic (exact) mass is 376 g/mol. The van der Waals surface area contributed by atoms with E-state index >= 15 is 0 Å². The van der Waals surface area contributed by atoms with Crippen molar-refractivity contribution in [3.63, 3.8) is 0 Å².